The van der Waals surface area contributed by atoms with Gasteiger partial charge in [0, 0.05) is 38.4 Å². The van der Waals surface area contributed by atoms with E-state index < -0.39 is 24.3 Å². The second kappa shape index (κ2) is 11.4. The Balaban J connectivity index is 1.35. The van der Waals surface area contributed by atoms with E-state index in [1.54, 1.807) is 11.8 Å². The molecule has 194 valence electrons. The lowest BCUT2D eigenvalue weighted by molar-refractivity contribution is 0.133. The third-order valence-corrected chi connectivity index (χ3v) is 6.47. The van der Waals surface area contributed by atoms with E-state index in [9.17, 15) is 14.0 Å². The molecule has 2 fully saturated rings. The molecule has 3 amide bonds. The lowest BCUT2D eigenvalue weighted by atomic mass is 10.0. The van der Waals surface area contributed by atoms with Gasteiger partial charge in [0.25, 0.3) is 0 Å². The molecule has 2 aromatic rings. The van der Waals surface area contributed by atoms with E-state index in [1.165, 1.54) is 36.6 Å². The van der Waals surface area contributed by atoms with Crippen LogP contribution in [0.1, 0.15) is 25.0 Å². The van der Waals surface area contributed by atoms with Gasteiger partial charge >= 0.3 is 12.1 Å². The number of rotatable bonds is 5. The Morgan fingerprint density at radius 1 is 1.14 bits per heavy atom. The quantitative estimate of drug-likeness (QED) is 0.630. The number of nitrogens with zero attached hydrogens (tertiary/aromatic N) is 7. The van der Waals surface area contributed by atoms with Crippen molar-refractivity contribution in [3.05, 3.63) is 30.4 Å². The number of likely N-dealkylation sites (tertiary alicyclic amines) is 1. The van der Waals surface area contributed by atoms with Crippen molar-refractivity contribution in [1.29, 1.82) is 0 Å². The molecule has 2 aliphatic rings. The smallest absolute Gasteiger partial charge is 0.391 e. The second-order valence-corrected chi connectivity index (χ2v) is 9.21. The van der Waals surface area contributed by atoms with Crippen molar-refractivity contribution in [2.75, 3.05) is 50.5 Å². The molecule has 0 saturated carbocycles. The number of hydrogen-bond donors (Lipinski definition) is 2. The summed E-state index contributed by atoms with van der Waals surface area (Å²) in [5.41, 5.74) is 0.721. The normalized spacial score (nSPS) is 21.1. The third-order valence-electron chi connectivity index (χ3n) is 6.47. The van der Waals surface area contributed by atoms with Gasteiger partial charge in [-0.2, -0.15) is 4.98 Å². The first kappa shape index (κ1) is 25.5. The molecule has 0 aliphatic carbocycles. The van der Waals surface area contributed by atoms with Crippen LogP contribution in [0.2, 0.25) is 0 Å². The number of aryl methyl sites for hydroxylation is 1. The van der Waals surface area contributed by atoms with Gasteiger partial charge in [0.2, 0.25) is 11.8 Å². The van der Waals surface area contributed by atoms with E-state index in [0.29, 0.717) is 12.5 Å². The fraction of sp³-hybridized carbons (Fsp3) is 0.565. The average Bonchev–Trinajstić information content (AvgIpc) is 2.87. The van der Waals surface area contributed by atoms with Crippen LogP contribution >= 0.6 is 0 Å². The molecule has 2 aromatic heterocycles. The van der Waals surface area contributed by atoms with E-state index in [1.807, 2.05) is 0 Å². The average molecular weight is 502 g/mol. The van der Waals surface area contributed by atoms with Gasteiger partial charge in [0.1, 0.15) is 6.17 Å². The number of anilines is 2. The molecule has 0 bridgehead atoms. The van der Waals surface area contributed by atoms with E-state index in [2.05, 4.69) is 42.5 Å². The largest absolute Gasteiger partial charge is 0.414 e. The summed E-state index contributed by atoms with van der Waals surface area (Å²) in [6, 6.07) is 0.329. The number of carbonyl (C=O) groups excluding carboxylic acids is 2. The van der Waals surface area contributed by atoms with Crippen LogP contribution in [0.5, 0.6) is 5.88 Å². The highest BCUT2D eigenvalue weighted by Crippen LogP contribution is 2.23. The maximum absolute atomic E-state index is 14.8. The van der Waals surface area contributed by atoms with Crippen LogP contribution in [0.15, 0.2) is 24.7 Å². The first-order chi connectivity index (χ1) is 17.3. The lowest BCUT2D eigenvalue weighted by Crippen LogP contribution is -2.55. The number of alkyl halides is 1. The van der Waals surface area contributed by atoms with E-state index in [4.69, 9.17) is 4.74 Å². The Bertz CT molecular complexity index is 1050. The predicted octanol–water partition coefficient (Wildman–Crippen LogP) is 1.84. The number of halogens is 1. The zero-order valence-electron chi connectivity index (χ0n) is 20.7. The van der Waals surface area contributed by atoms with Gasteiger partial charge in [0.15, 0.2) is 5.82 Å². The van der Waals surface area contributed by atoms with Crippen molar-refractivity contribution in [1.82, 2.24) is 35.1 Å². The molecule has 36 heavy (non-hydrogen) atoms. The molecule has 4 heterocycles. The number of ether oxygens (including phenoxy) is 1. The van der Waals surface area contributed by atoms with Crippen LogP contribution < -0.4 is 20.3 Å². The topological polar surface area (TPSA) is 129 Å². The molecular weight excluding hydrogens is 469 g/mol. The van der Waals surface area contributed by atoms with Crippen LogP contribution in [-0.2, 0) is 0 Å². The molecule has 2 atom stereocenters. The SMILES string of the molecule is Cc1cnc(NC(=O)N(C)[C@H]2CN(c3nccc(OC(=O)NC4CCN(C)CC4)n3)CC[C@H]2F)cn1. The molecule has 2 aliphatic heterocycles. The minimum Gasteiger partial charge on any atom is -0.391 e. The van der Waals surface area contributed by atoms with Crippen LogP contribution in [-0.4, -0.2) is 100 Å². The van der Waals surface area contributed by atoms with Crippen molar-refractivity contribution in [2.24, 2.45) is 0 Å². The summed E-state index contributed by atoms with van der Waals surface area (Å²) in [6.07, 6.45) is 4.60. The van der Waals surface area contributed by atoms with Crippen molar-refractivity contribution in [3.63, 3.8) is 0 Å². The van der Waals surface area contributed by atoms with Gasteiger partial charge < -0.3 is 24.8 Å². The Kier molecular flexibility index (Phi) is 8.08. The molecule has 12 nitrogen and oxygen atoms in total. The fourth-order valence-corrected chi connectivity index (χ4v) is 4.24. The Hall–Kier alpha value is -3.61. The highest BCUT2D eigenvalue weighted by molar-refractivity contribution is 5.88. The zero-order valence-corrected chi connectivity index (χ0v) is 20.7. The minimum absolute atomic E-state index is 0.0620. The molecule has 0 radical (unpaired) electrons. The standard InChI is InChI=1S/C23H32FN9O3/c1-15-12-27-19(13-26-15)29-22(34)32(3)18-14-33(11-7-17(18)24)21-25-8-4-20(30-21)36-23(35)28-16-5-9-31(2)10-6-16/h4,8,12-13,16-18H,5-7,9-11,14H2,1-3H3,(H,28,35)(H,27,29,34)/t17-,18+/m1/s1. The molecular formula is C23H32FN9O3. The van der Waals surface area contributed by atoms with E-state index >= 15 is 0 Å². The summed E-state index contributed by atoms with van der Waals surface area (Å²) in [4.78, 5) is 47.2. The van der Waals surface area contributed by atoms with Gasteiger partial charge in [-0.3, -0.25) is 10.3 Å². The number of amides is 3. The van der Waals surface area contributed by atoms with E-state index in [-0.39, 0.29) is 30.7 Å². The number of likely N-dealkylation sites (N-methyl/N-ethyl adjacent to an activating group) is 1. The summed E-state index contributed by atoms with van der Waals surface area (Å²) >= 11 is 0. The molecule has 0 spiro atoms. The number of urea groups is 1. The molecule has 13 heteroatoms. The van der Waals surface area contributed by atoms with Crippen molar-refractivity contribution < 1.29 is 18.7 Å². The van der Waals surface area contributed by atoms with Crippen LogP contribution in [0, 0.1) is 6.92 Å². The lowest BCUT2D eigenvalue weighted by Gasteiger charge is -2.39. The highest BCUT2D eigenvalue weighted by Gasteiger charge is 2.35. The van der Waals surface area contributed by atoms with Crippen molar-refractivity contribution in [2.45, 2.75) is 44.4 Å². The van der Waals surface area contributed by atoms with Gasteiger partial charge in [-0.15, -0.1) is 0 Å². The monoisotopic (exact) mass is 501 g/mol. The number of aromatic nitrogens is 4. The summed E-state index contributed by atoms with van der Waals surface area (Å²) in [7, 11) is 3.58. The number of carbonyl (C=O) groups is 2. The van der Waals surface area contributed by atoms with Gasteiger partial charge in [0.05, 0.1) is 24.1 Å². The first-order valence-electron chi connectivity index (χ1n) is 12.0. The van der Waals surface area contributed by atoms with Crippen molar-refractivity contribution >= 4 is 23.9 Å². The van der Waals surface area contributed by atoms with E-state index in [0.717, 1.165) is 31.6 Å². The molecule has 4 rings (SSSR count). The second-order valence-electron chi connectivity index (χ2n) is 9.21. The minimum atomic E-state index is -1.22. The number of nitrogens with one attached hydrogen (secondary N) is 2. The zero-order chi connectivity index (χ0) is 25.7. The third kappa shape index (κ3) is 6.53. The van der Waals surface area contributed by atoms with Crippen LogP contribution in [0.3, 0.4) is 0 Å². The molecule has 2 N–H and O–H groups in total. The van der Waals surface area contributed by atoms with Crippen LogP contribution in [0.25, 0.3) is 0 Å². The first-order valence-corrected chi connectivity index (χ1v) is 12.0. The Morgan fingerprint density at radius 2 is 1.92 bits per heavy atom. The highest BCUT2D eigenvalue weighted by atomic mass is 19.1. The number of piperidine rings is 2. The maximum Gasteiger partial charge on any atom is 0.414 e. The Labute approximate surface area is 209 Å². The van der Waals surface area contributed by atoms with Crippen molar-refractivity contribution in [3.8, 4) is 5.88 Å². The van der Waals surface area contributed by atoms with Gasteiger partial charge in [-0.25, -0.2) is 23.9 Å². The Morgan fingerprint density at radius 3 is 2.64 bits per heavy atom. The fourth-order valence-electron chi connectivity index (χ4n) is 4.24. The molecule has 2 saturated heterocycles. The van der Waals surface area contributed by atoms with Crippen LogP contribution in [0.4, 0.5) is 25.7 Å². The molecule has 0 unspecified atom stereocenters. The van der Waals surface area contributed by atoms with Gasteiger partial charge in [-0.1, -0.05) is 0 Å². The summed E-state index contributed by atoms with van der Waals surface area (Å²) in [6.45, 7) is 4.16. The predicted molar refractivity (Wildman–Crippen MR) is 131 cm³/mol. The summed E-state index contributed by atoms with van der Waals surface area (Å²) < 4.78 is 20.2. The number of hydrogen-bond acceptors (Lipinski definition) is 9. The van der Waals surface area contributed by atoms with Gasteiger partial charge in [-0.05, 0) is 46.3 Å². The summed E-state index contributed by atoms with van der Waals surface area (Å²) in [5, 5.41) is 5.52. The maximum atomic E-state index is 14.8. The summed E-state index contributed by atoms with van der Waals surface area (Å²) in [5.74, 6) is 0.690. The molecule has 0 aromatic carbocycles.